The summed E-state index contributed by atoms with van der Waals surface area (Å²) in [6, 6.07) is 14.8. The Bertz CT molecular complexity index is 1090. The maximum Gasteiger partial charge on any atom is 0.187 e. The number of hydrogen-bond acceptors (Lipinski definition) is 5. The number of para-hydroxylation sites is 1. The average Bonchev–Trinajstić information content (AvgIpc) is 3.13. The van der Waals surface area contributed by atoms with Gasteiger partial charge < -0.3 is 4.98 Å². The first-order valence-electron chi connectivity index (χ1n) is 9.43. The zero-order valence-corrected chi connectivity index (χ0v) is 16.5. The van der Waals surface area contributed by atoms with Crippen molar-refractivity contribution in [2.24, 2.45) is 0 Å². The summed E-state index contributed by atoms with van der Waals surface area (Å²) in [5.41, 5.74) is 6.06. The van der Waals surface area contributed by atoms with Crippen molar-refractivity contribution in [3.8, 4) is 0 Å². The highest BCUT2D eigenvalue weighted by Crippen LogP contribution is 2.38. The number of aromatic nitrogens is 4. The minimum Gasteiger partial charge on any atom is -0.357 e. The normalized spacial score (nSPS) is 17.0. The highest BCUT2D eigenvalue weighted by Gasteiger charge is 2.32. The molecule has 4 heterocycles. The lowest BCUT2D eigenvalue weighted by Gasteiger charge is -2.35. The van der Waals surface area contributed by atoms with Gasteiger partial charge in [0, 0.05) is 53.8 Å². The Morgan fingerprint density at radius 1 is 1.07 bits per heavy atom. The second-order valence-electron chi connectivity index (χ2n) is 7.02. The van der Waals surface area contributed by atoms with Crippen molar-refractivity contribution in [1.29, 1.82) is 0 Å². The summed E-state index contributed by atoms with van der Waals surface area (Å²) in [5.74, 6) is 0. The first kappa shape index (κ1) is 17.4. The van der Waals surface area contributed by atoms with Crippen molar-refractivity contribution >= 4 is 22.7 Å². The maximum atomic E-state index is 4.69. The largest absolute Gasteiger partial charge is 0.357 e. The van der Waals surface area contributed by atoms with Crippen LogP contribution in [-0.4, -0.2) is 37.6 Å². The van der Waals surface area contributed by atoms with Gasteiger partial charge >= 0.3 is 0 Å². The lowest BCUT2D eigenvalue weighted by atomic mass is 9.94. The van der Waals surface area contributed by atoms with Crippen molar-refractivity contribution in [1.82, 2.24) is 24.8 Å². The summed E-state index contributed by atoms with van der Waals surface area (Å²) in [4.78, 5) is 19.7. The van der Waals surface area contributed by atoms with Gasteiger partial charge in [-0.3, -0.25) is 9.88 Å². The predicted octanol–water partition coefficient (Wildman–Crippen LogP) is 4.22. The summed E-state index contributed by atoms with van der Waals surface area (Å²) in [7, 11) is 0. The summed E-state index contributed by atoms with van der Waals surface area (Å²) >= 11 is 1.56. The van der Waals surface area contributed by atoms with Gasteiger partial charge in [0.1, 0.15) is 0 Å². The SMILES string of the molecule is CSc1ncc(CN2CCc3c([nH]c4ccccc34)C2c2ccccn2)cn1. The zero-order chi connectivity index (χ0) is 18.9. The fourth-order valence-corrected chi connectivity index (χ4v) is 4.41. The molecule has 5 nitrogen and oxygen atoms in total. The Balaban J connectivity index is 1.57. The third-order valence-electron chi connectivity index (χ3n) is 5.35. The van der Waals surface area contributed by atoms with E-state index in [0.717, 1.165) is 35.9 Å². The van der Waals surface area contributed by atoms with Crippen LogP contribution in [-0.2, 0) is 13.0 Å². The van der Waals surface area contributed by atoms with Crippen LogP contribution in [0.25, 0.3) is 10.9 Å². The number of nitrogens with zero attached hydrogens (tertiary/aromatic N) is 4. The van der Waals surface area contributed by atoms with Gasteiger partial charge in [0.15, 0.2) is 5.16 Å². The molecule has 6 heteroatoms. The molecular formula is C22H21N5S. The number of aromatic amines is 1. The van der Waals surface area contributed by atoms with Crippen LogP contribution in [0, 0.1) is 0 Å². The van der Waals surface area contributed by atoms with Crippen LogP contribution in [0.1, 0.15) is 28.6 Å². The fraction of sp³-hybridized carbons (Fsp3) is 0.227. The standard InChI is InChI=1S/C22H21N5S/c1-28-22-24-12-15(13-25-22)14-27-11-9-17-16-6-2-3-7-18(16)26-20(17)21(27)19-8-4-5-10-23-19/h2-8,10,12-13,21,26H,9,11,14H2,1H3. The molecule has 0 fully saturated rings. The number of nitrogens with one attached hydrogen (secondary N) is 1. The van der Waals surface area contributed by atoms with Gasteiger partial charge in [0.25, 0.3) is 0 Å². The molecule has 0 bridgehead atoms. The Hall–Kier alpha value is -2.70. The second kappa shape index (κ2) is 7.37. The summed E-state index contributed by atoms with van der Waals surface area (Å²) in [5, 5.41) is 2.13. The number of H-pyrrole nitrogens is 1. The molecule has 5 rings (SSSR count). The van der Waals surface area contributed by atoms with Crippen LogP contribution < -0.4 is 0 Å². The van der Waals surface area contributed by atoms with E-state index in [-0.39, 0.29) is 6.04 Å². The quantitative estimate of drug-likeness (QED) is 0.420. The Kier molecular flexibility index (Phi) is 4.58. The van der Waals surface area contributed by atoms with Gasteiger partial charge in [-0.05, 0) is 36.4 Å². The van der Waals surface area contributed by atoms with Crippen LogP contribution in [0.15, 0.2) is 66.2 Å². The minimum atomic E-state index is 0.0950. The fourth-order valence-electron chi connectivity index (χ4n) is 4.10. The van der Waals surface area contributed by atoms with Crippen LogP contribution >= 0.6 is 11.8 Å². The molecule has 1 aliphatic heterocycles. The van der Waals surface area contributed by atoms with Crippen LogP contribution in [0.3, 0.4) is 0 Å². The number of hydrogen-bond donors (Lipinski definition) is 1. The van der Waals surface area contributed by atoms with Crippen LogP contribution in [0.4, 0.5) is 0 Å². The van der Waals surface area contributed by atoms with Gasteiger partial charge in [-0.15, -0.1) is 0 Å². The van der Waals surface area contributed by atoms with Gasteiger partial charge in [-0.2, -0.15) is 0 Å². The molecule has 140 valence electrons. The molecule has 0 saturated carbocycles. The number of fused-ring (bicyclic) bond motifs is 3. The first-order chi connectivity index (χ1) is 13.8. The van der Waals surface area contributed by atoms with E-state index in [2.05, 4.69) is 56.3 Å². The summed E-state index contributed by atoms with van der Waals surface area (Å²) in [6.07, 6.45) is 8.77. The molecule has 0 saturated heterocycles. The number of benzene rings is 1. The number of pyridine rings is 1. The molecule has 3 aromatic heterocycles. The predicted molar refractivity (Wildman–Crippen MR) is 112 cm³/mol. The van der Waals surface area contributed by atoms with Gasteiger partial charge in [-0.1, -0.05) is 36.0 Å². The van der Waals surface area contributed by atoms with Crippen LogP contribution in [0.5, 0.6) is 0 Å². The van der Waals surface area contributed by atoms with E-state index in [0.29, 0.717) is 0 Å². The monoisotopic (exact) mass is 387 g/mol. The van der Waals surface area contributed by atoms with Gasteiger partial charge in [-0.25, -0.2) is 9.97 Å². The third-order valence-corrected chi connectivity index (χ3v) is 5.93. The molecular weight excluding hydrogens is 366 g/mol. The van der Waals surface area contributed by atoms with E-state index in [1.807, 2.05) is 30.9 Å². The highest BCUT2D eigenvalue weighted by atomic mass is 32.2. The molecule has 0 radical (unpaired) electrons. The molecule has 4 aromatic rings. The highest BCUT2D eigenvalue weighted by molar-refractivity contribution is 7.98. The molecule has 1 N–H and O–H groups in total. The second-order valence-corrected chi connectivity index (χ2v) is 7.79. The molecule has 1 aromatic carbocycles. The average molecular weight is 388 g/mol. The minimum absolute atomic E-state index is 0.0950. The zero-order valence-electron chi connectivity index (χ0n) is 15.7. The first-order valence-corrected chi connectivity index (χ1v) is 10.7. The van der Waals surface area contributed by atoms with E-state index in [9.17, 15) is 0 Å². The lowest BCUT2D eigenvalue weighted by Crippen LogP contribution is -2.36. The number of thioether (sulfide) groups is 1. The smallest absolute Gasteiger partial charge is 0.187 e. The maximum absolute atomic E-state index is 4.69. The molecule has 1 unspecified atom stereocenters. The summed E-state index contributed by atoms with van der Waals surface area (Å²) in [6.45, 7) is 1.77. The molecule has 28 heavy (non-hydrogen) atoms. The van der Waals surface area contributed by atoms with Gasteiger partial charge in [0.05, 0.1) is 11.7 Å². The van der Waals surface area contributed by atoms with E-state index < -0.39 is 0 Å². The summed E-state index contributed by atoms with van der Waals surface area (Å²) < 4.78 is 0. The Morgan fingerprint density at radius 2 is 1.89 bits per heavy atom. The number of rotatable bonds is 4. The van der Waals surface area contributed by atoms with Crippen molar-refractivity contribution in [3.63, 3.8) is 0 Å². The molecule has 0 aliphatic carbocycles. The van der Waals surface area contributed by atoms with Crippen LogP contribution in [0.2, 0.25) is 0 Å². The Labute approximate surface area is 168 Å². The van der Waals surface area contributed by atoms with E-state index in [1.165, 1.54) is 22.2 Å². The van der Waals surface area contributed by atoms with Crippen molar-refractivity contribution < 1.29 is 0 Å². The molecule has 1 atom stereocenters. The van der Waals surface area contributed by atoms with E-state index in [4.69, 9.17) is 4.98 Å². The molecule has 0 spiro atoms. The van der Waals surface area contributed by atoms with Crippen molar-refractivity contribution in [2.75, 3.05) is 12.8 Å². The molecule has 1 aliphatic rings. The lowest BCUT2D eigenvalue weighted by molar-refractivity contribution is 0.198. The molecule has 0 amide bonds. The Morgan fingerprint density at radius 3 is 2.68 bits per heavy atom. The van der Waals surface area contributed by atoms with E-state index in [1.54, 1.807) is 11.8 Å². The third kappa shape index (κ3) is 3.08. The van der Waals surface area contributed by atoms with Crippen molar-refractivity contribution in [2.45, 2.75) is 24.2 Å². The topological polar surface area (TPSA) is 57.7 Å². The van der Waals surface area contributed by atoms with Crippen molar-refractivity contribution in [3.05, 3.63) is 83.6 Å². The van der Waals surface area contributed by atoms with E-state index >= 15 is 0 Å². The van der Waals surface area contributed by atoms with Gasteiger partial charge in [0.2, 0.25) is 0 Å².